The van der Waals surface area contributed by atoms with Gasteiger partial charge in [-0.3, -0.25) is 0 Å². The quantitative estimate of drug-likeness (QED) is 0.571. The van der Waals surface area contributed by atoms with E-state index in [9.17, 15) is 0 Å². The van der Waals surface area contributed by atoms with Crippen molar-refractivity contribution < 1.29 is 58.2 Å². The third-order valence-corrected chi connectivity index (χ3v) is 1.66. The largest absolute Gasteiger partial charge is 1.00 e. The molecular weight excluding hydrogens is 206 g/mol. The summed E-state index contributed by atoms with van der Waals surface area (Å²) in [5.74, 6) is 0. The molecule has 0 aliphatic carbocycles. The maximum Gasteiger partial charge on any atom is 1.00 e. The first-order valence-corrected chi connectivity index (χ1v) is 3.40. The first-order chi connectivity index (χ1) is 4.97. The zero-order valence-electron chi connectivity index (χ0n) is 6.62. The monoisotopic (exact) mass is 213 g/mol. The second kappa shape index (κ2) is 4.51. The number of hydrogen-bond donors (Lipinski definition) is 0. The minimum atomic E-state index is 0. The van der Waals surface area contributed by atoms with E-state index in [0.29, 0.717) is 0 Å². The molecule has 0 N–H and O–H groups in total. The predicted octanol–water partition coefficient (Wildman–Crippen LogP) is -0.156. The van der Waals surface area contributed by atoms with Gasteiger partial charge < -0.3 is 0 Å². The molecule has 0 saturated heterocycles. The van der Waals surface area contributed by atoms with E-state index in [1.807, 2.05) is 0 Å². The Morgan fingerprint density at radius 3 is 1.09 bits per heavy atom. The Morgan fingerprint density at radius 2 is 0.818 bits per heavy atom. The van der Waals surface area contributed by atoms with E-state index in [1.165, 1.54) is 10.8 Å². The van der Waals surface area contributed by atoms with Gasteiger partial charge in [-0.15, -0.1) is 0 Å². The first-order valence-electron chi connectivity index (χ1n) is 3.40. The summed E-state index contributed by atoms with van der Waals surface area (Å²) in [6, 6.07) is 16.7. The Kier molecular flexibility index (Phi) is 3.93. The van der Waals surface area contributed by atoms with E-state index in [-0.39, 0.29) is 58.2 Å². The average Bonchev–Trinajstić information content (AvgIpc) is 2.05. The Balaban J connectivity index is 0.000000605. The molecular formula is C10H8Rb+. The molecule has 0 radical (unpaired) electrons. The van der Waals surface area contributed by atoms with Crippen molar-refractivity contribution in [3.05, 3.63) is 48.5 Å². The van der Waals surface area contributed by atoms with Crippen LogP contribution in [-0.2, 0) is 0 Å². The summed E-state index contributed by atoms with van der Waals surface area (Å²) in [5, 5.41) is 2.62. The van der Waals surface area contributed by atoms with Crippen LogP contribution >= 0.6 is 0 Å². The molecule has 2 rings (SSSR count). The van der Waals surface area contributed by atoms with E-state index < -0.39 is 0 Å². The van der Waals surface area contributed by atoms with Crippen molar-refractivity contribution in [1.82, 2.24) is 0 Å². The van der Waals surface area contributed by atoms with Crippen molar-refractivity contribution in [3.8, 4) is 0 Å². The van der Waals surface area contributed by atoms with Gasteiger partial charge in [-0.25, -0.2) is 0 Å². The Labute approximate surface area is 115 Å². The van der Waals surface area contributed by atoms with Crippen LogP contribution in [0.4, 0.5) is 0 Å². The second-order valence-corrected chi connectivity index (χ2v) is 2.35. The molecule has 0 aromatic heterocycles. The first kappa shape index (κ1) is 9.59. The Morgan fingerprint density at radius 1 is 0.545 bits per heavy atom. The van der Waals surface area contributed by atoms with E-state index in [1.54, 1.807) is 0 Å². The predicted molar refractivity (Wildman–Crippen MR) is 43.9 cm³/mol. The molecule has 48 valence electrons. The zero-order chi connectivity index (χ0) is 6.81. The van der Waals surface area contributed by atoms with Crippen molar-refractivity contribution in [2.75, 3.05) is 0 Å². The summed E-state index contributed by atoms with van der Waals surface area (Å²) in [5.41, 5.74) is 0. The summed E-state index contributed by atoms with van der Waals surface area (Å²) < 4.78 is 0. The van der Waals surface area contributed by atoms with Crippen LogP contribution in [0.1, 0.15) is 0 Å². The molecule has 0 heterocycles. The van der Waals surface area contributed by atoms with Gasteiger partial charge in [0.05, 0.1) is 0 Å². The van der Waals surface area contributed by atoms with Crippen LogP contribution in [0, 0.1) is 0 Å². The fraction of sp³-hybridized carbons (Fsp3) is 0. The zero-order valence-corrected chi connectivity index (χ0v) is 11.5. The van der Waals surface area contributed by atoms with Gasteiger partial charge in [-0.1, -0.05) is 48.5 Å². The molecule has 11 heavy (non-hydrogen) atoms. The summed E-state index contributed by atoms with van der Waals surface area (Å²) in [6.45, 7) is 0. The maximum absolute atomic E-state index is 2.12. The number of fused-ring (bicyclic) bond motifs is 1. The number of rotatable bonds is 0. The van der Waals surface area contributed by atoms with Crippen LogP contribution in [0.2, 0.25) is 0 Å². The van der Waals surface area contributed by atoms with Gasteiger partial charge in [-0.2, -0.15) is 0 Å². The third-order valence-electron chi connectivity index (χ3n) is 1.66. The smallest absolute Gasteiger partial charge is 0.0616 e. The normalized spacial score (nSPS) is 9.09. The van der Waals surface area contributed by atoms with Crippen LogP contribution in [0.5, 0.6) is 0 Å². The van der Waals surface area contributed by atoms with Crippen molar-refractivity contribution in [2.45, 2.75) is 0 Å². The molecule has 0 spiro atoms. The van der Waals surface area contributed by atoms with Crippen molar-refractivity contribution in [3.63, 3.8) is 0 Å². The van der Waals surface area contributed by atoms with Crippen molar-refractivity contribution in [2.24, 2.45) is 0 Å². The Bertz CT molecular complexity index is 276. The summed E-state index contributed by atoms with van der Waals surface area (Å²) in [6.07, 6.45) is 0. The molecule has 0 saturated carbocycles. The van der Waals surface area contributed by atoms with Crippen LogP contribution in [0.3, 0.4) is 0 Å². The molecule has 0 unspecified atom stereocenters. The minimum absolute atomic E-state index is 0. The summed E-state index contributed by atoms with van der Waals surface area (Å²) in [7, 11) is 0. The SMILES string of the molecule is [Rb+].c1ccc2ccccc2c1. The topological polar surface area (TPSA) is 0 Å². The molecule has 0 atom stereocenters. The molecule has 0 nitrogen and oxygen atoms in total. The third kappa shape index (κ3) is 2.22. The molecule has 0 bridgehead atoms. The standard InChI is InChI=1S/C10H8.Rb/c1-2-6-10-8-4-3-7-9(10)5-1;/h1-8H;/q;+1. The van der Waals surface area contributed by atoms with Crippen molar-refractivity contribution in [1.29, 1.82) is 0 Å². The molecule has 1 heteroatoms. The van der Waals surface area contributed by atoms with Gasteiger partial charge >= 0.3 is 58.2 Å². The van der Waals surface area contributed by atoms with Crippen LogP contribution in [-0.4, -0.2) is 0 Å². The molecule has 0 aliphatic heterocycles. The van der Waals surface area contributed by atoms with E-state index in [4.69, 9.17) is 0 Å². The molecule has 2 aromatic rings. The van der Waals surface area contributed by atoms with Gasteiger partial charge in [0, 0.05) is 0 Å². The Hall–Kier alpha value is 0.505. The minimum Gasteiger partial charge on any atom is -0.0616 e. The van der Waals surface area contributed by atoms with E-state index >= 15 is 0 Å². The summed E-state index contributed by atoms with van der Waals surface area (Å²) >= 11 is 0. The molecule has 0 aliphatic rings. The fourth-order valence-corrected chi connectivity index (χ4v) is 1.13. The number of hydrogen-bond acceptors (Lipinski definition) is 0. The van der Waals surface area contributed by atoms with E-state index in [2.05, 4.69) is 48.5 Å². The van der Waals surface area contributed by atoms with Gasteiger partial charge in [0.2, 0.25) is 0 Å². The van der Waals surface area contributed by atoms with Gasteiger partial charge in [-0.05, 0) is 10.8 Å². The maximum atomic E-state index is 2.12. The van der Waals surface area contributed by atoms with Gasteiger partial charge in [0.15, 0.2) is 0 Å². The number of benzene rings is 2. The van der Waals surface area contributed by atoms with Gasteiger partial charge in [0.25, 0.3) is 0 Å². The van der Waals surface area contributed by atoms with Gasteiger partial charge in [0.1, 0.15) is 0 Å². The second-order valence-electron chi connectivity index (χ2n) is 2.35. The van der Waals surface area contributed by atoms with Crippen molar-refractivity contribution >= 4 is 10.8 Å². The van der Waals surface area contributed by atoms with Crippen LogP contribution in [0.25, 0.3) is 10.8 Å². The molecule has 0 amide bonds. The van der Waals surface area contributed by atoms with E-state index in [0.717, 1.165) is 0 Å². The van der Waals surface area contributed by atoms with Crippen LogP contribution in [0.15, 0.2) is 48.5 Å². The van der Waals surface area contributed by atoms with Crippen LogP contribution < -0.4 is 58.2 Å². The fourth-order valence-electron chi connectivity index (χ4n) is 1.13. The molecule has 0 fully saturated rings. The molecule has 2 aromatic carbocycles. The summed E-state index contributed by atoms with van der Waals surface area (Å²) in [4.78, 5) is 0. The average molecular weight is 214 g/mol.